The van der Waals surface area contributed by atoms with Gasteiger partial charge in [0.1, 0.15) is 11.2 Å². The van der Waals surface area contributed by atoms with E-state index in [0.717, 1.165) is 42.2 Å². The van der Waals surface area contributed by atoms with Crippen molar-refractivity contribution in [2.45, 2.75) is 26.1 Å². The van der Waals surface area contributed by atoms with Crippen LogP contribution in [0.15, 0.2) is 18.2 Å². The highest BCUT2D eigenvalue weighted by atomic mass is 32.1. The maximum atomic E-state index is 12.8. The first kappa shape index (κ1) is 17.2. The second-order valence-corrected chi connectivity index (χ2v) is 7.60. The van der Waals surface area contributed by atoms with Crippen LogP contribution in [0.1, 0.15) is 39.5 Å². The van der Waals surface area contributed by atoms with Gasteiger partial charge in [0.25, 0.3) is 5.91 Å². The van der Waals surface area contributed by atoms with Crippen molar-refractivity contribution in [3.63, 3.8) is 0 Å². The molecule has 4 rings (SSSR count). The van der Waals surface area contributed by atoms with E-state index in [9.17, 15) is 4.79 Å². The van der Waals surface area contributed by atoms with E-state index in [-0.39, 0.29) is 12.1 Å². The summed E-state index contributed by atoms with van der Waals surface area (Å²) in [5.74, 6) is 1.32. The largest absolute Gasteiger partial charge is 0.493 e. The highest BCUT2D eigenvalue weighted by molar-refractivity contribution is 7.16. The van der Waals surface area contributed by atoms with Crippen molar-refractivity contribution in [3.8, 4) is 11.5 Å². The Morgan fingerprint density at radius 1 is 1.23 bits per heavy atom. The summed E-state index contributed by atoms with van der Waals surface area (Å²) >= 11 is 1.71. The zero-order chi connectivity index (χ0) is 18.3. The van der Waals surface area contributed by atoms with Crippen LogP contribution in [0.5, 0.6) is 11.5 Å². The van der Waals surface area contributed by atoms with Crippen LogP contribution in [0.3, 0.4) is 0 Å². The van der Waals surface area contributed by atoms with E-state index in [1.807, 2.05) is 18.2 Å². The first-order chi connectivity index (χ1) is 12.6. The van der Waals surface area contributed by atoms with Crippen molar-refractivity contribution < 1.29 is 14.3 Å². The molecule has 1 aromatic carbocycles. The number of nitrogens with zero attached hydrogens (tertiary/aromatic N) is 1. The fourth-order valence-electron chi connectivity index (χ4n) is 3.64. The number of ether oxygens (including phenoxy) is 2. The lowest BCUT2D eigenvalue weighted by atomic mass is 10.0. The third-order valence-corrected chi connectivity index (χ3v) is 6.25. The highest BCUT2D eigenvalue weighted by Gasteiger charge is 2.33. The number of carbonyl (C=O) groups excluding carboxylic acids is 1. The summed E-state index contributed by atoms with van der Waals surface area (Å²) in [5.41, 5.74) is 2.98. The molecule has 0 radical (unpaired) electrons. The first-order valence-corrected chi connectivity index (χ1v) is 9.62. The smallest absolute Gasteiger partial charge is 0.256 e. The molecule has 0 saturated carbocycles. The van der Waals surface area contributed by atoms with Gasteiger partial charge in [0.15, 0.2) is 11.5 Å². The lowest BCUT2D eigenvalue weighted by Crippen LogP contribution is -2.38. The Balaban J connectivity index is 1.65. The molecule has 6 nitrogen and oxygen atoms in total. The van der Waals surface area contributed by atoms with Crippen LogP contribution in [0, 0.1) is 0 Å². The van der Waals surface area contributed by atoms with Gasteiger partial charge in [-0.25, -0.2) is 0 Å². The second kappa shape index (κ2) is 6.81. The van der Waals surface area contributed by atoms with Crippen molar-refractivity contribution in [2.24, 2.45) is 0 Å². The summed E-state index contributed by atoms with van der Waals surface area (Å²) in [5, 5.41) is 7.55. The first-order valence-electron chi connectivity index (χ1n) is 8.80. The Hall–Kier alpha value is -2.25. The van der Waals surface area contributed by atoms with E-state index in [0.29, 0.717) is 11.5 Å². The van der Waals surface area contributed by atoms with Gasteiger partial charge in [-0.3, -0.25) is 9.69 Å². The Bertz CT molecular complexity index is 849. The number of thiophene rings is 1. The van der Waals surface area contributed by atoms with Crippen LogP contribution >= 0.6 is 11.3 Å². The molecule has 0 saturated heterocycles. The predicted octanol–water partition coefficient (Wildman–Crippen LogP) is 3.00. The number of likely N-dealkylation sites (N-methyl/N-ethyl adjacent to an activating group) is 1. The van der Waals surface area contributed by atoms with Gasteiger partial charge in [-0.15, -0.1) is 11.3 Å². The molecule has 2 aliphatic heterocycles. The average Bonchev–Trinajstić information content (AvgIpc) is 3.05. The second-order valence-electron chi connectivity index (χ2n) is 6.49. The minimum atomic E-state index is -0.280. The van der Waals surface area contributed by atoms with Crippen LogP contribution in [-0.4, -0.2) is 38.1 Å². The lowest BCUT2D eigenvalue weighted by Gasteiger charge is -2.28. The zero-order valence-corrected chi connectivity index (χ0v) is 16.0. The normalized spacial score (nSPS) is 19.2. The molecule has 138 valence electrons. The molecule has 2 aliphatic rings. The number of methoxy groups -OCH3 is 2. The third-order valence-electron chi connectivity index (χ3n) is 5.10. The number of hydrogen-bond acceptors (Lipinski definition) is 6. The van der Waals surface area contributed by atoms with Crippen molar-refractivity contribution in [3.05, 3.63) is 39.8 Å². The van der Waals surface area contributed by atoms with E-state index >= 15 is 0 Å². The molecule has 1 aromatic heterocycles. The standard InChI is InChI=1S/C19H23N3O3S/c1-4-22-8-7-12-15(10-22)26-19-16(12)18(23)20-17(21-19)11-5-6-13(24-2)14(9-11)25-3/h5-6,9,17,21H,4,7-8,10H2,1-3H3,(H,20,23). The van der Waals surface area contributed by atoms with Gasteiger partial charge in [-0.1, -0.05) is 13.0 Å². The number of nitrogens with one attached hydrogen (secondary N) is 2. The topological polar surface area (TPSA) is 62.8 Å². The van der Waals surface area contributed by atoms with Gasteiger partial charge in [0, 0.05) is 18.0 Å². The van der Waals surface area contributed by atoms with Crippen LogP contribution in [-0.2, 0) is 13.0 Å². The van der Waals surface area contributed by atoms with Gasteiger partial charge >= 0.3 is 0 Å². The maximum absolute atomic E-state index is 12.8. The minimum absolute atomic E-state index is 0.000911. The summed E-state index contributed by atoms with van der Waals surface area (Å²) < 4.78 is 10.7. The molecule has 0 aliphatic carbocycles. The van der Waals surface area contributed by atoms with Crippen LogP contribution in [0.25, 0.3) is 0 Å². The van der Waals surface area contributed by atoms with Gasteiger partial charge in [0.2, 0.25) is 0 Å². The molecule has 1 unspecified atom stereocenters. The number of carbonyl (C=O) groups is 1. The molecule has 0 fully saturated rings. The average molecular weight is 373 g/mol. The third kappa shape index (κ3) is 2.81. The molecule has 2 N–H and O–H groups in total. The van der Waals surface area contributed by atoms with Crippen LogP contribution in [0.4, 0.5) is 5.00 Å². The van der Waals surface area contributed by atoms with Crippen molar-refractivity contribution in [1.82, 2.24) is 10.2 Å². The quantitative estimate of drug-likeness (QED) is 0.863. The van der Waals surface area contributed by atoms with Gasteiger partial charge in [0.05, 0.1) is 19.8 Å². The van der Waals surface area contributed by atoms with Crippen molar-refractivity contribution in [1.29, 1.82) is 0 Å². The van der Waals surface area contributed by atoms with E-state index in [1.54, 1.807) is 25.6 Å². The zero-order valence-electron chi connectivity index (χ0n) is 15.2. The van der Waals surface area contributed by atoms with Crippen molar-refractivity contribution >= 4 is 22.2 Å². The Morgan fingerprint density at radius 2 is 2.04 bits per heavy atom. The summed E-state index contributed by atoms with van der Waals surface area (Å²) in [4.78, 5) is 16.5. The highest BCUT2D eigenvalue weighted by Crippen LogP contribution is 2.41. The molecule has 0 spiro atoms. The number of fused-ring (bicyclic) bond motifs is 3. The van der Waals surface area contributed by atoms with Gasteiger partial charge < -0.3 is 20.1 Å². The summed E-state index contributed by atoms with van der Waals surface area (Å²) in [6, 6.07) is 5.70. The summed E-state index contributed by atoms with van der Waals surface area (Å²) in [6.07, 6.45) is 0.655. The number of amides is 1. The summed E-state index contributed by atoms with van der Waals surface area (Å²) in [7, 11) is 3.22. The Kier molecular flexibility index (Phi) is 4.50. The van der Waals surface area contributed by atoms with Crippen LogP contribution < -0.4 is 20.1 Å². The van der Waals surface area contributed by atoms with Crippen molar-refractivity contribution in [2.75, 3.05) is 32.6 Å². The predicted molar refractivity (Wildman–Crippen MR) is 102 cm³/mol. The van der Waals surface area contributed by atoms with E-state index in [4.69, 9.17) is 9.47 Å². The molecule has 1 atom stereocenters. The fraction of sp³-hybridized carbons (Fsp3) is 0.421. The van der Waals surface area contributed by atoms with Crippen LogP contribution in [0.2, 0.25) is 0 Å². The number of hydrogen-bond donors (Lipinski definition) is 2. The monoisotopic (exact) mass is 373 g/mol. The minimum Gasteiger partial charge on any atom is -0.493 e. The molecule has 7 heteroatoms. The van der Waals surface area contributed by atoms with E-state index in [2.05, 4.69) is 22.5 Å². The number of anilines is 1. The number of benzene rings is 1. The molecular weight excluding hydrogens is 350 g/mol. The van der Waals surface area contributed by atoms with Gasteiger partial charge in [-0.05, 0) is 36.2 Å². The van der Waals surface area contributed by atoms with E-state index < -0.39 is 0 Å². The molecule has 26 heavy (non-hydrogen) atoms. The summed E-state index contributed by atoms with van der Waals surface area (Å²) in [6.45, 7) is 5.16. The van der Waals surface area contributed by atoms with E-state index in [1.165, 1.54) is 10.4 Å². The molecule has 1 amide bonds. The fourth-order valence-corrected chi connectivity index (χ4v) is 4.95. The SMILES string of the molecule is CCN1CCc2c(sc3c2C(=O)NC(c2ccc(OC)c(OC)c2)N3)C1. The molecular formula is C19H23N3O3S. The van der Waals surface area contributed by atoms with Gasteiger partial charge in [-0.2, -0.15) is 0 Å². The molecule has 2 aromatic rings. The maximum Gasteiger partial charge on any atom is 0.256 e. The molecule has 3 heterocycles. The number of rotatable bonds is 4. The Morgan fingerprint density at radius 3 is 2.77 bits per heavy atom. The molecule has 0 bridgehead atoms. The Labute approximate surface area is 157 Å². The lowest BCUT2D eigenvalue weighted by molar-refractivity contribution is 0.0934.